The van der Waals surface area contributed by atoms with Crippen molar-refractivity contribution in [3.05, 3.63) is 22.0 Å². The van der Waals surface area contributed by atoms with Gasteiger partial charge in [-0.05, 0) is 18.3 Å². The lowest BCUT2D eigenvalue weighted by atomic mass is 10.1. The highest BCUT2D eigenvalue weighted by atomic mass is 16.6. The molecule has 0 fully saturated rings. The lowest BCUT2D eigenvalue weighted by Gasteiger charge is -2.12. The zero-order chi connectivity index (χ0) is 15.0. The summed E-state index contributed by atoms with van der Waals surface area (Å²) in [6.07, 6.45) is 8.97. The number of imidazole rings is 1. The molecule has 0 amide bonds. The third-order valence-corrected chi connectivity index (χ3v) is 3.45. The third kappa shape index (κ3) is 5.28. The standard InChI is InChI=1S/C14H25N3O3/c1-4-5-6-7-8-9-12(2)20-11-13-10-15-14(16(13)3)17(18)19/h10,12H,4-9,11H2,1-3H3. The van der Waals surface area contributed by atoms with E-state index in [2.05, 4.69) is 11.9 Å². The molecule has 6 heteroatoms. The van der Waals surface area contributed by atoms with Crippen LogP contribution < -0.4 is 0 Å². The molecular weight excluding hydrogens is 258 g/mol. The summed E-state index contributed by atoms with van der Waals surface area (Å²) in [6.45, 7) is 4.62. The van der Waals surface area contributed by atoms with Gasteiger partial charge in [-0.3, -0.25) is 0 Å². The number of hydrogen-bond donors (Lipinski definition) is 0. The fraction of sp³-hybridized carbons (Fsp3) is 0.786. The maximum atomic E-state index is 10.7. The van der Waals surface area contributed by atoms with Gasteiger partial charge in [0.15, 0.2) is 0 Å². The van der Waals surface area contributed by atoms with Crippen molar-refractivity contribution < 1.29 is 9.66 Å². The van der Waals surface area contributed by atoms with Crippen molar-refractivity contribution >= 4 is 5.95 Å². The van der Waals surface area contributed by atoms with Gasteiger partial charge in [0.1, 0.15) is 18.5 Å². The number of unbranched alkanes of at least 4 members (excludes halogenated alkanes) is 4. The molecule has 0 aromatic carbocycles. The number of rotatable bonds is 10. The van der Waals surface area contributed by atoms with Crippen LogP contribution in [0.5, 0.6) is 0 Å². The lowest BCUT2D eigenvalue weighted by Crippen LogP contribution is -2.10. The van der Waals surface area contributed by atoms with Crippen LogP contribution in [0.2, 0.25) is 0 Å². The number of nitrogens with zero attached hydrogens (tertiary/aromatic N) is 3. The molecule has 0 bridgehead atoms. The summed E-state index contributed by atoms with van der Waals surface area (Å²) in [7, 11) is 1.64. The Bertz CT molecular complexity index is 418. The van der Waals surface area contributed by atoms with Gasteiger partial charge >= 0.3 is 5.95 Å². The quantitative estimate of drug-likeness (QED) is 0.374. The first-order chi connectivity index (χ1) is 9.56. The number of aromatic nitrogens is 2. The van der Waals surface area contributed by atoms with Gasteiger partial charge in [-0.15, -0.1) is 0 Å². The SMILES string of the molecule is CCCCCCCC(C)OCc1cnc([N+](=O)[O-])n1C. The lowest BCUT2D eigenvalue weighted by molar-refractivity contribution is -0.396. The minimum atomic E-state index is -0.485. The Hall–Kier alpha value is -1.43. The summed E-state index contributed by atoms with van der Waals surface area (Å²) < 4.78 is 7.19. The second kappa shape index (κ2) is 8.68. The summed E-state index contributed by atoms with van der Waals surface area (Å²) in [5.41, 5.74) is 0.731. The van der Waals surface area contributed by atoms with Crippen molar-refractivity contribution in [1.29, 1.82) is 0 Å². The maximum Gasteiger partial charge on any atom is 0.434 e. The van der Waals surface area contributed by atoms with Crippen molar-refractivity contribution in [1.82, 2.24) is 9.55 Å². The van der Waals surface area contributed by atoms with E-state index >= 15 is 0 Å². The molecule has 1 heterocycles. The Morgan fingerprint density at radius 1 is 1.40 bits per heavy atom. The summed E-state index contributed by atoms with van der Waals surface area (Å²) in [4.78, 5) is 14.0. The number of nitro groups is 1. The molecule has 1 atom stereocenters. The van der Waals surface area contributed by atoms with Gasteiger partial charge in [-0.25, -0.2) is 4.57 Å². The molecule has 0 aliphatic carbocycles. The fourth-order valence-corrected chi connectivity index (χ4v) is 2.08. The average Bonchev–Trinajstić information content (AvgIpc) is 2.77. The van der Waals surface area contributed by atoms with Gasteiger partial charge in [0, 0.05) is 0 Å². The zero-order valence-corrected chi connectivity index (χ0v) is 12.7. The second-order valence-electron chi connectivity index (χ2n) is 5.19. The van der Waals surface area contributed by atoms with E-state index in [1.54, 1.807) is 7.05 Å². The van der Waals surface area contributed by atoms with E-state index in [0.717, 1.165) is 12.1 Å². The number of hydrogen-bond acceptors (Lipinski definition) is 4. The molecule has 1 unspecified atom stereocenters. The predicted molar refractivity (Wildman–Crippen MR) is 77.5 cm³/mol. The van der Waals surface area contributed by atoms with E-state index in [1.165, 1.54) is 42.9 Å². The molecule has 1 aromatic rings. The molecule has 0 aliphatic rings. The maximum absolute atomic E-state index is 10.7. The van der Waals surface area contributed by atoms with Gasteiger partial charge in [0.2, 0.25) is 0 Å². The van der Waals surface area contributed by atoms with Crippen molar-refractivity contribution in [2.24, 2.45) is 7.05 Å². The number of ether oxygens (including phenoxy) is 1. The Labute approximate surface area is 120 Å². The van der Waals surface area contributed by atoms with Crippen molar-refractivity contribution in [3.8, 4) is 0 Å². The third-order valence-electron chi connectivity index (χ3n) is 3.45. The Morgan fingerprint density at radius 2 is 2.10 bits per heavy atom. The molecule has 0 saturated heterocycles. The molecule has 0 radical (unpaired) electrons. The molecule has 0 aliphatic heterocycles. The average molecular weight is 283 g/mol. The highest BCUT2D eigenvalue weighted by Crippen LogP contribution is 2.14. The molecule has 1 aromatic heterocycles. The Morgan fingerprint density at radius 3 is 2.70 bits per heavy atom. The fourth-order valence-electron chi connectivity index (χ4n) is 2.08. The molecule has 1 rings (SSSR count). The summed E-state index contributed by atoms with van der Waals surface area (Å²) >= 11 is 0. The summed E-state index contributed by atoms with van der Waals surface area (Å²) in [5.74, 6) is -0.143. The molecular formula is C14H25N3O3. The van der Waals surface area contributed by atoms with Gasteiger partial charge in [-0.1, -0.05) is 44.0 Å². The van der Waals surface area contributed by atoms with Crippen LogP contribution in [0.4, 0.5) is 5.95 Å². The van der Waals surface area contributed by atoms with Crippen LogP contribution in [0, 0.1) is 10.1 Å². The second-order valence-corrected chi connectivity index (χ2v) is 5.19. The zero-order valence-electron chi connectivity index (χ0n) is 12.7. The van der Waals surface area contributed by atoms with Gasteiger partial charge in [-0.2, -0.15) is 0 Å². The van der Waals surface area contributed by atoms with Crippen LogP contribution in [-0.4, -0.2) is 20.6 Å². The van der Waals surface area contributed by atoms with E-state index in [-0.39, 0.29) is 12.1 Å². The highest BCUT2D eigenvalue weighted by molar-refractivity contribution is 5.13. The van der Waals surface area contributed by atoms with Crippen molar-refractivity contribution in [2.75, 3.05) is 0 Å². The molecule has 0 spiro atoms. The largest absolute Gasteiger partial charge is 0.434 e. The first-order valence-corrected chi connectivity index (χ1v) is 7.32. The molecule has 20 heavy (non-hydrogen) atoms. The highest BCUT2D eigenvalue weighted by Gasteiger charge is 2.17. The van der Waals surface area contributed by atoms with Crippen LogP contribution >= 0.6 is 0 Å². The minimum absolute atomic E-state index is 0.143. The minimum Gasteiger partial charge on any atom is -0.390 e. The van der Waals surface area contributed by atoms with Gasteiger partial charge in [0.05, 0.1) is 13.2 Å². The molecule has 0 saturated carbocycles. The Kier molecular flexibility index (Phi) is 7.22. The van der Waals surface area contributed by atoms with Crippen LogP contribution in [0.25, 0.3) is 0 Å². The monoisotopic (exact) mass is 283 g/mol. The van der Waals surface area contributed by atoms with Crippen LogP contribution in [0.3, 0.4) is 0 Å². The van der Waals surface area contributed by atoms with Crippen LogP contribution in [0.1, 0.15) is 58.1 Å². The molecule has 114 valence electrons. The van der Waals surface area contributed by atoms with E-state index in [4.69, 9.17) is 4.74 Å². The Balaban J connectivity index is 2.27. The summed E-state index contributed by atoms with van der Waals surface area (Å²) in [6, 6.07) is 0. The predicted octanol–water partition coefficient (Wildman–Crippen LogP) is 3.59. The molecule has 6 nitrogen and oxygen atoms in total. The van der Waals surface area contributed by atoms with Crippen LogP contribution in [-0.2, 0) is 18.4 Å². The van der Waals surface area contributed by atoms with E-state index in [0.29, 0.717) is 6.61 Å². The first kappa shape index (κ1) is 16.6. The van der Waals surface area contributed by atoms with Crippen molar-refractivity contribution in [3.63, 3.8) is 0 Å². The summed E-state index contributed by atoms with van der Waals surface area (Å²) in [5, 5.41) is 10.7. The van der Waals surface area contributed by atoms with Gasteiger partial charge < -0.3 is 14.9 Å². The van der Waals surface area contributed by atoms with Crippen molar-refractivity contribution in [2.45, 2.75) is 65.1 Å². The van der Waals surface area contributed by atoms with E-state index in [1.807, 2.05) is 6.92 Å². The van der Waals surface area contributed by atoms with E-state index in [9.17, 15) is 10.1 Å². The molecule has 0 N–H and O–H groups in total. The first-order valence-electron chi connectivity index (χ1n) is 7.32. The normalized spacial score (nSPS) is 12.6. The van der Waals surface area contributed by atoms with Gasteiger partial charge in [0.25, 0.3) is 0 Å². The smallest absolute Gasteiger partial charge is 0.390 e. The topological polar surface area (TPSA) is 70.2 Å². The van der Waals surface area contributed by atoms with E-state index < -0.39 is 4.92 Å². The van der Waals surface area contributed by atoms with Crippen LogP contribution in [0.15, 0.2) is 6.20 Å².